The van der Waals surface area contributed by atoms with E-state index in [0.29, 0.717) is 37.6 Å². The van der Waals surface area contributed by atoms with Crippen LogP contribution in [0.3, 0.4) is 0 Å². The summed E-state index contributed by atoms with van der Waals surface area (Å²) in [6.45, 7) is 2.81. The number of ether oxygens (including phenoxy) is 1. The summed E-state index contributed by atoms with van der Waals surface area (Å²) in [4.78, 5) is 5.77. The third-order valence-electron chi connectivity index (χ3n) is 6.24. The maximum atomic E-state index is 12.5. The minimum atomic E-state index is -4.14. The fourth-order valence-corrected chi connectivity index (χ4v) is 4.97. The normalized spacial score (nSPS) is 30.9. The Bertz CT molecular complexity index is 511. The van der Waals surface area contributed by atoms with E-state index < -0.39 is 12.7 Å². The molecular formula is C18H32F3IN4O. The first-order chi connectivity index (χ1) is 12.4. The molecule has 0 radical (unpaired) electrons. The molecule has 2 saturated carbocycles. The fraction of sp³-hybridized carbons (Fsp3) is 0.944. The highest BCUT2D eigenvalue weighted by molar-refractivity contribution is 14.0. The fourth-order valence-electron chi connectivity index (χ4n) is 4.97. The smallest absolute Gasteiger partial charge is 0.378 e. The Labute approximate surface area is 176 Å². The third kappa shape index (κ3) is 5.41. The molecule has 1 heterocycles. The van der Waals surface area contributed by atoms with Crippen LogP contribution in [0, 0.1) is 5.41 Å². The molecule has 27 heavy (non-hydrogen) atoms. The van der Waals surface area contributed by atoms with E-state index in [-0.39, 0.29) is 35.4 Å². The van der Waals surface area contributed by atoms with Crippen molar-refractivity contribution in [3.63, 3.8) is 0 Å². The number of nitrogens with zero attached hydrogens (tertiary/aromatic N) is 2. The van der Waals surface area contributed by atoms with E-state index in [1.54, 1.807) is 7.05 Å². The summed E-state index contributed by atoms with van der Waals surface area (Å²) < 4.78 is 43.6. The summed E-state index contributed by atoms with van der Waals surface area (Å²) in [7, 11) is 1.72. The van der Waals surface area contributed by atoms with E-state index in [4.69, 9.17) is 4.74 Å². The molecule has 5 nitrogen and oxygen atoms in total. The summed E-state index contributed by atoms with van der Waals surface area (Å²) in [5.41, 5.74) is 0.200. The van der Waals surface area contributed by atoms with Crippen molar-refractivity contribution in [2.75, 3.05) is 33.3 Å². The van der Waals surface area contributed by atoms with Crippen molar-refractivity contribution in [2.24, 2.45) is 10.4 Å². The van der Waals surface area contributed by atoms with Crippen LogP contribution in [0.1, 0.15) is 45.4 Å². The van der Waals surface area contributed by atoms with Gasteiger partial charge in [-0.1, -0.05) is 12.8 Å². The predicted molar refractivity (Wildman–Crippen MR) is 111 cm³/mol. The maximum absolute atomic E-state index is 12.5. The van der Waals surface area contributed by atoms with Crippen molar-refractivity contribution in [1.82, 2.24) is 15.5 Å². The largest absolute Gasteiger partial charge is 0.401 e. The highest BCUT2D eigenvalue weighted by Gasteiger charge is 2.57. The second kappa shape index (κ2) is 9.47. The molecule has 3 rings (SSSR count). The molecule has 3 unspecified atom stereocenters. The summed E-state index contributed by atoms with van der Waals surface area (Å²) in [6, 6.07) is 0.339. The minimum absolute atomic E-state index is 0. The van der Waals surface area contributed by atoms with Gasteiger partial charge in [0.25, 0.3) is 0 Å². The Morgan fingerprint density at radius 3 is 2.56 bits per heavy atom. The second-order valence-corrected chi connectivity index (χ2v) is 7.87. The van der Waals surface area contributed by atoms with Crippen LogP contribution in [-0.4, -0.2) is 68.5 Å². The van der Waals surface area contributed by atoms with E-state index in [1.807, 2.05) is 6.92 Å². The zero-order chi connectivity index (χ0) is 18.8. The molecule has 0 aromatic heterocycles. The lowest BCUT2D eigenvalue weighted by molar-refractivity contribution is -0.143. The molecule has 2 aliphatic carbocycles. The van der Waals surface area contributed by atoms with Gasteiger partial charge in [-0.15, -0.1) is 24.0 Å². The van der Waals surface area contributed by atoms with Crippen LogP contribution >= 0.6 is 24.0 Å². The maximum Gasteiger partial charge on any atom is 0.401 e. The van der Waals surface area contributed by atoms with Gasteiger partial charge in [0.05, 0.1) is 12.6 Å². The predicted octanol–water partition coefficient (Wildman–Crippen LogP) is 3.14. The molecule has 0 aromatic carbocycles. The number of nitrogens with one attached hydrogen (secondary N) is 2. The SMILES string of the molecule is CCOC1CC(NC(=NC)NC2CCN(CC(F)(F)F)C2)C12CCCC2.I. The molecule has 2 N–H and O–H groups in total. The van der Waals surface area contributed by atoms with Crippen LogP contribution in [0.25, 0.3) is 0 Å². The molecule has 0 amide bonds. The summed E-state index contributed by atoms with van der Waals surface area (Å²) in [5, 5.41) is 6.86. The van der Waals surface area contributed by atoms with E-state index in [0.717, 1.165) is 13.0 Å². The average Bonchev–Trinajstić information content (AvgIpc) is 3.22. The Balaban J connectivity index is 0.00000261. The number of guanidine groups is 1. The van der Waals surface area contributed by atoms with Gasteiger partial charge in [-0.3, -0.25) is 9.89 Å². The van der Waals surface area contributed by atoms with Crippen molar-refractivity contribution in [1.29, 1.82) is 0 Å². The Kier molecular flexibility index (Phi) is 8.07. The van der Waals surface area contributed by atoms with E-state index in [1.165, 1.54) is 30.6 Å². The first-order valence-electron chi connectivity index (χ1n) is 9.77. The first kappa shape index (κ1) is 23.0. The van der Waals surface area contributed by atoms with Crippen LogP contribution in [0.15, 0.2) is 4.99 Å². The summed E-state index contributed by atoms with van der Waals surface area (Å²) in [5.74, 6) is 0.704. The highest BCUT2D eigenvalue weighted by atomic mass is 127. The van der Waals surface area contributed by atoms with Crippen molar-refractivity contribution in [3.05, 3.63) is 0 Å². The molecular weight excluding hydrogens is 472 g/mol. The van der Waals surface area contributed by atoms with E-state index in [9.17, 15) is 13.2 Å². The Hall–Kier alpha value is -0.290. The summed E-state index contributed by atoms with van der Waals surface area (Å²) in [6.07, 6.45) is 2.69. The zero-order valence-corrected chi connectivity index (χ0v) is 18.5. The number of hydrogen-bond donors (Lipinski definition) is 2. The molecule has 0 bridgehead atoms. The molecule has 1 spiro atoms. The van der Waals surface area contributed by atoms with Gasteiger partial charge in [-0.25, -0.2) is 0 Å². The van der Waals surface area contributed by atoms with Gasteiger partial charge in [0.2, 0.25) is 0 Å². The monoisotopic (exact) mass is 504 g/mol. The number of halogens is 4. The van der Waals surface area contributed by atoms with Gasteiger partial charge < -0.3 is 15.4 Å². The van der Waals surface area contributed by atoms with Gasteiger partial charge in [0.15, 0.2) is 5.96 Å². The number of alkyl halides is 3. The zero-order valence-electron chi connectivity index (χ0n) is 16.1. The molecule has 3 fully saturated rings. The standard InChI is InChI=1S/C18H31F3N4O.HI/c1-3-26-15-10-14(17(15)7-4-5-8-17)24-16(22-2)23-13-6-9-25(11-13)12-18(19,20)21;/h13-15H,3-12H2,1-2H3,(H2,22,23,24);1H. The number of likely N-dealkylation sites (tertiary alicyclic amines) is 1. The first-order valence-corrected chi connectivity index (χ1v) is 9.77. The molecule has 1 saturated heterocycles. The van der Waals surface area contributed by atoms with Crippen LogP contribution in [-0.2, 0) is 4.74 Å². The molecule has 1 aliphatic heterocycles. The number of hydrogen-bond acceptors (Lipinski definition) is 3. The number of aliphatic imine (C=N–C) groups is 1. The van der Waals surface area contributed by atoms with Gasteiger partial charge in [0.1, 0.15) is 0 Å². The lowest BCUT2D eigenvalue weighted by Crippen LogP contribution is -2.65. The van der Waals surface area contributed by atoms with Crippen molar-refractivity contribution < 1.29 is 17.9 Å². The second-order valence-electron chi connectivity index (χ2n) is 7.87. The Morgan fingerprint density at radius 1 is 1.26 bits per heavy atom. The van der Waals surface area contributed by atoms with E-state index >= 15 is 0 Å². The van der Waals surface area contributed by atoms with Crippen molar-refractivity contribution >= 4 is 29.9 Å². The van der Waals surface area contributed by atoms with Crippen LogP contribution in [0.2, 0.25) is 0 Å². The van der Waals surface area contributed by atoms with Gasteiger partial charge >= 0.3 is 6.18 Å². The lowest BCUT2D eigenvalue weighted by atomic mass is 9.60. The molecule has 9 heteroatoms. The number of rotatable bonds is 5. The van der Waals surface area contributed by atoms with Crippen LogP contribution < -0.4 is 10.6 Å². The van der Waals surface area contributed by atoms with Crippen molar-refractivity contribution in [3.8, 4) is 0 Å². The molecule has 0 aromatic rings. The molecule has 158 valence electrons. The van der Waals surface area contributed by atoms with Crippen LogP contribution in [0.4, 0.5) is 13.2 Å². The molecule has 3 atom stereocenters. The van der Waals surface area contributed by atoms with E-state index in [2.05, 4.69) is 15.6 Å². The topological polar surface area (TPSA) is 48.9 Å². The Morgan fingerprint density at radius 2 is 1.96 bits per heavy atom. The summed E-state index contributed by atoms with van der Waals surface area (Å²) >= 11 is 0. The minimum Gasteiger partial charge on any atom is -0.378 e. The van der Waals surface area contributed by atoms with Gasteiger partial charge in [-0.05, 0) is 32.6 Å². The quantitative estimate of drug-likeness (QED) is 0.343. The van der Waals surface area contributed by atoms with Crippen LogP contribution in [0.5, 0.6) is 0 Å². The van der Waals surface area contributed by atoms with Gasteiger partial charge in [-0.2, -0.15) is 13.2 Å². The van der Waals surface area contributed by atoms with Gasteiger partial charge in [0, 0.05) is 44.2 Å². The molecule has 3 aliphatic rings. The average molecular weight is 504 g/mol. The van der Waals surface area contributed by atoms with Crippen molar-refractivity contribution in [2.45, 2.75) is 69.8 Å². The highest BCUT2D eigenvalue weighted by Crippen LogP contribution is 2.54. The lowest BCUT2D eigenvalue weighted by Gasteiger charge is -2.54. The third-order valence-corrected chi connectivity index (χ3v) is 6.24.